The van der Waals surface area contributed by atoms with E-state index >= 15 is 0 Å². The minimum Gasteiger partial charge on any atom is -0.453 e. The summed E-state index contributed by atoms with van der Waals surface area (Å²) in [6.45, 7) is 0. The van der Waals surface area contributed by atoms with E-state index in [1.165, 1.54) is 6.07 Å². The number of thiophene rings is 1. The molecule has 4 heteroatoms. The van der Waals surface area contributed by atoms with Crippen LogP contribution in [-0.4, -0.2) is 4.98 Å². The van der Waals surface area contributed by atoms with Crippen molar-refractivity contribution in [1.82, 2.24) is 4.98 Å². The van der Waals surface area contributed by atoms with Crippen LogP contribution < -0.4 is 4.74 Å². The van der Waals surface area contributed by atoms with Crippen LogP contribution in [0.1, 0.15) is 0 Å². The van der Waals surface area contributed by atoms with Crippen molar-refractivity contribution in [2.24, 2.45) is 0 Å². The largest absolute Gasteiger partial charge is 0.453 e. The first kappa shape index (κ1) is 13.9. The number of para-hydroxylation sites is 1. The zero-order valence-corrected chi connectivity index (χ0v) is 12.9. The molecular formula is C19H12FNOS. The molecule has 0 amide bonds. The summed E-state index contributed by atoms with van der Waals surface area (Å²) in [5.41, 5.74) is 1.98. The van der Waals surface area contributed by atoms with Crippen molar-refractivity contribution < 1.29 is 9.13 Å². The van der Waals surface area contributed by atoms with Gasteiger partial charge in [-0.1, -0.05) is 42.5 Å². The monoisotopic (exact) mass is 321 g/mol. The second-order valence-electron chi connectivity index (χ2n) is 5.03. The Morgan fingerprint density at radius 1 is 0.870 bits per heavy atom. The van der Waals surface area contributed by atoms with E-state index in [1.807, 2.05) is 24.3 Å². The van der Waals surface area contributed by atoms with E-state index in [2.05, 4.69) is 17.1 Å². The fourth-order valence-electron chi connectivity index (χ4n) is 2.39. The van der Waals surface area contributed by atoms with E-state index < -0.39 is 0 Å². The normalized spacial score (nSPS) is 10.8. The van der Waals surface area contributed by atoms with Gasteiger partial charge in [-0.25, -0.2) is 4.39 Å². The van der Waals surface area contributed by atoms with Gasteiger partial charge in [0.05, 0.1) is 10.2 Å². The summed E-state index contributed by atoms with van der Waals surface area (Å²) in [7, 11) is 0. The first-order valence-corrected chi connectivity index (χ1v) is 7.99. The lowest BCUT2D eigenvalue weighted by Crippen LogP contribution is -1.88. The first-order valence-electron chi connectivity index (χ1n) is 7.17. The molecule has 0 fully saturated rings. The summed E-state index contributed by atoms with van der Waals surface area (Å²) in [6.07, 6.45) is 1.68. The van der Waals surface area contributed by atoms with Gasteiger partial charge in [-0.05, 0) is 23.8 Å². The summed E-state index contributed by atoms with van der Waals surface area (Å²) in [5, 5.41) is 0. The van der Waals surface area contributed by atoms with Crippen LogP contribution >= 0.6 is 11.3 Å². The van der Waals surface area contributed by atoms with Gasteiger partial charge >= 0.3 is 0 Å². The van der Waals surface area contributed by atoms with Gasteiger partial charge in [-0.3, -0.25) is 4.98 Å². The fourth-order valence-corrected chi connectivity index (χ4v) is 3.46. The highest BCUT2D eigenvalue weighted by molar-refractivity contribution is 7.22. The molecule has 0 saturated heterocycles. The van der Waals surface area contributed by atoms with Crippen molar-refractivity contribution in [3.8, 4) is 21.9 Å². The average molecular weight is 321 g/mol. The summed E-state index contributed by atoms with van der Waals surface area (Å²) in [5.74, 6) is 0.458. The van der Waals surface area contributed by atoms with Gasteiger partial charge in [0, 0.05) is 17.1 Å². The van der Waals surface area contributed by atoms with Gasteiger partial charge in [0.1, 0.15) is 5.75 Å². The third kappa shape index (κ3) is 2.69. The molecule has 2 aromatic carbocycles. The minimum absolute atomic E-state index is 0.217. The van der Waals surface area contributed by atoms with Crippen molar-refractivity contribution in [3.63, 3.8) is 0 Å². The predicted octanol–water partition coefficient (Wildman–Crippen LogP) is 5.89. The number of benzene rings is 2. The maximum Gasteiger partial charge on any atom is 0.165 e. The molecule has 0 atom stereocenters. The SMILES string of the molecule is Fc1ccccc1Oc1ccnc2cc(-c3ccccc3)sc12. The molecule has 0 aliphatic carbocycles. The van der Waals surface area contributed by atoms with Gasteiger partial charge in [0.15, 0.2) is 11.6 Å². The van der Waals surface area contributed by atoms with Gasteiger partial charge in [0.25, 0.3) is 0 Å². The number of hydrogen-bond donors (Lipinski definition) is 0. The molecule has 4 rings (SSSR count). The molecular weight excluding hydrogens is 309 g/mol. The van der Waals surface area contributed by atoms with Crippen molar-refractivity contribution in [3.05, 3.63) is 78.7 Å². The highest BCUT2D eigenvalue weighted by Gasteiger charge is 2.12. The number of halogens is 1. The molecule has 0 aliphatic heterocycles. The van der Waals surface area contributed by atoms with Crippen LogP contribution in [0.15, 0.2) is 72.9 Å². The van der Waals surface area contributed by atoms with Gasteiger partial charge in [-0.2, -0.15) is 0 Å². The van der Waals surface area contributed by atoms with Crippen LogP contribution in [0.3, 0.4) is 0 Å². The van der Waals surface area contributed by atoms with Crippen LogP contribution in [0.5, 0.6) is 11.5 Å². The number of pyridine rings is 1. The van der Waals surface area contributed by atoms with Gasteiger partial charge in [0.2, 0.25) is 0 Å². The van der Waals surface area contributed by atoms with Crippen LogP contribution in [0.4, 0.5) is 4.39 Å². The number of ether oxygens (including phenoxy) is 1. The zero-order chi connectivity index (χ0) is 15.6. The molecule has 0 aliphatic rings. The summed E-state index contributed by atoms with van der Waals surface area (Å²) >= 11 is 1.59. The molecule has 0 saturated carbocycles. The summed E-state index contributed by atoms with van der Waals surface area (Å²) < 4.78 is 20.5. The highest BCUT2D eigenvalue weighted by Crippen LogP contribution is 2.39. The summed E-state index contributed by atoms with van der Waals surface area (Å²) in [6, 6.07) is 20.3. The molecule has 2 aromatic heterocycles. The Morgan fingerprint density at radius 3 is 2.48 bits per heavy atom. The fraction of sp³-hybridized carbons (Fsp3) is 0. The second kappa shape index (κ2) is 5.82. The molecule has 4 aromatic rings. The number of nitrogens with zero attached hydrogens (tertiary/aromatic N) is 1. The van der Waals surface area contributed by atoms with Crippen LogP contribution in [-0.2, 0) is 0 Å². The second-order valence-corrected chi connectivity index (χ2v) is 6.08. The van der Waals surface area contributed by atoms with Crippen LogP contribution in [0.25, 0.3) is 20.7 Å². The smallest absolute Gasteiger partial charge is 0.165 e. The lowest BCUT2D eigenvalue weighted by molar-refractivity contribution is 0.447. The van der Waals surface area contributed by atoms with Crippen molar-refractivity contribution >= 4 is 21.6 Å². The Morgan fingerprint density at radius 2 is 1.65 bits per heavy atom. The zero-order valence-electron chi connectivity index (χ0n) is 12.1. The molecule has 0 radical (unpaired) electrons. The van der Waals surface area contributed by atoms with Crippen LogP contribution in [0.2, 0.25) is 0 Å². The van der Waals surface area contributed by atoms with Crippen molar-refractivity contribution in [2.45, 2.75) is 0 Å². The molecule has 2 nitrogen and oxygen atoms in total. The molecule has 2 heterocycles. The number of fused-ring (bicyclic) bond motifs is 1. The first-order chi connectivity index (χ1) is 11.3. The Kier molecular flexibility index (Phi) is 3.52. The standard InChI is InChI=1S/C19H12FNOS/c20-14-8-4-5-9-16(14)22-17-10-11-21-15-12-18(23-19(15)17)13-6-2-1-3-7-13/h1-12H. The van der Waals surface area contributed by atoms with Gasteiger partial charge < -0.3 is 4.74 Å². The van der Waals surface area contributed by atoms with Crippen molar-refractivity contribution in [2.75, 3.05) is 0 Å². The number of hydrogen-bond acceptors (Lipinski definition) is 3. The van der Waals surface area contributed by atoms with Gasteiger partial charge in [-0.15, -0.1) is 11.3 Å². The maximum absolute atomic E-state index is 13.8. The van der Waals surface area contributed by atoms with E-state index in [9.17, 15) is 4.39 Å². The molecule has 23 heavy (non-hydrogen) atoms. The molecule has 0 unspecified atom stereocenters. The Labute approximate surface area is 136 Å². The molecule has 0 N–H and O–H groups in total. The van der Waals surface area contributed by atoms with Crippen molar-refractivity contribution in [1.29, 1.82) is 0 Å². The highest BCUT2D eigenvalue weighted by atomic mass is 32.1. The molecule has 0 spiro atoms. The average Bonchev–Trinajstić information content (AvgIpc) is 3.03. The third-order valence-corrected chi connectivity index (χ3v) is 4.68. The van der Waals surface area contributed by atoms with Crippen LogP contribution in [0, 0.1) is 5.82 Å². The third-order valence-electron chi connectivity index (χ3n) is 3.49. The molecule has 112 valence electrons. The Hall–Kier alpha value is -2.72. The number of rotatable bonds is 3. The summed E-state index contributed by atoms with van der Waals surface area (Å²) in [4.78, 5) is 5.50. The lowest BCUT2D eigenvalue weighted by atomic mass is 10.2. The topological polar surface area (TPSA) is 22.1 Å². The lowest BCUT2D eigenvalue weighted by Gasteiger charge is -2.06. The maximum atomic E-state index is 13.8. The Balaban J connectivity index is 1.79. The van der Waals surface area contributed by atoms with E-state index in [1.54, 1.807) is 41.8 Å². The quantitative estimate of drug-likeness (QED) is 0.469. The van der Waals surface area contributed by atoms with E-state index in [4.69, 9.17) is 4.74 Å². The number of aromatic nitrogens is 1. The van der Waals surface area contributed by atoms with E-state index in [0.29, 0.717) is 5.75 Å². The molecule has 0 bridgehead atoms. The van der Waals surface area contributed by atoms with E-state index in [-0.39, 0.29) is 11.6 Å². The predicted molar refractivity (Wildman–Crippen MR) is 91.5 cm³/mol. The Bertz CT molecular complexity index is 965. The van der Waals surface area contributed by atoms with E-state index in [0.717, 1.165) is 20.7 Å². The minimum atomic E-state index is -0.377.